The average Bonchev–Trinajstić information content (AvgIpc) is 3.37. The van der Waals surface area contributed by atoms with Crippen molar-refractivity contribution in [2.45, 2.75) is 83.7 Å². The number of halogens is 1. The van der Waals surface area contributed by atoms with E-state index >= 15 is 0 Å². The fraction of sp³-hybridized carbons (Fsp3) is 0.464. The van der Waals surface area contributed by atoms with E-state index in [0.717, 1.165) is 6.54 Å². The maximum Gasteiger partial charge on any atom is 0.244 e. The Bertz CT molecular complexity index is 885. The Morgan fingerprint density at radius 1 is 0.710 bits per heavy atom. The van der Waals surface area contributed by atoms with Crippen LogP contribution in [0.2, 0.25) is 0 Å². The van der Waals surface area contributed by atoms with Crippen LogP contribution in [0, 0.1) is 0 Å². The summed E-state index contributed by atoms with van der Waals surface area (Å²) in [7, 11) is 0. The minimum absolute atomic E-state index is 0. The molecule has 1 heterocycles. The fourth-order valence-corrected chi connectivity index (χ4v) is 4.93. The molecule has 1 aliphatic carbocycles. The molecule has 3 aromatic rings. The van der Waals surface area contributed by atoms with E-state index in [2.05, 4.69) is 83.3 Å². The fourth-order valence-electron chi connectivity index (χ4n) is 4.93. The van der Waals surface area contributed by atoms with Gasteiger partial charge in [0.15, 0.2) is 6.04 Å². The molecule has 0 amide bonds. The maximum absolute atomic E-state index is 2.39. The van der Waals surface area contributed by atoms with Crippen molar-refractivity contribution in [3.05, 3.63) is 78.4 Å². The number of aromatic nitrogens is 2. The van der Waals surface area contributed by atoms with Gasteiger partial charge in [-0.1, -0.05) is 107 Å². The van der Waals surface area contributed by atoms with Crippen molar-refractivity contribution in [2.24, 2.45) is 0 Å². The number of nitrogens with zero attached hydrogens (tertiary/aromatic N) is 2. The number of rotatable bonds is 12. The molecule has 4 rings (SSSR count). The van der Waals surface area contributed by atoms with Crippen molar-refractivity contribution in [3.63, 3.8) is 0 Å². The molecule has 0 atom stereocenters. The van der Waals surface area contributed by atoms with Crippen LogP contribution in [0.25, 0.3) is 11.1 Å². The lowest BCUT2D eigenvalue weighted by atomic mass is 10.1. The van der Waals surface area contributed by atoms with E-state index in [4.69, 9.17) is 0 Å². The molecule has 1 aromatic heterocycles. The van der Waals surface area contributed by atoms with Gasteiger partial charge in [-0.15, -0.1) is 0 Å². The number of hydrogen-bond donors (Lipinski definition) is 0. The van der Waals surface area contributed by atoms with Gasteiger partial charge < -0.3 is 17.0 Å². The Morgan fingerprint density at radius 3 is 1.81 bits per heavy atom. The molecule has 3 heteroatoms. The first kappa shape index (κ1) is 23.8. The Kier molecular flexibility index (Phi) is 9.39. The molecular formula is C28H37BrN2. The standard InChI is InChI=1S/C28H37N2.BrH/c1-2-3-4-5-6-7-8-9-10-15-20-29-21-22-30(23-29)28-26-18-13-11-16-24(26)25-17-12-14-19-27(25)28;/h11-14,16-19,21-23,28H,2-10,15,20H2,1H3;1H/q+1;/p-1. The van der Waals surface area contributed by atoms with Crippen molar-refractivity contribution in [3.8, 4) is 11.1 Å². The third-order valence-electron chi connectivity index (χ3n) is 6.58. The molecule has 0 saturated carbocycles. The second-order valence-corrected chi connectivity index (χ2v) is 8.86. The molecule has 2 nitrogen and oxygen atoms in total. The molecular weight excluding hydrogens is 444 g/mol. The lowest BCUT2D eigenvalue weighted by Gasteiger charge is -2.09. The van der Waals surface area contributed by atoms with E-state index in [9.17, 15) is 0 Å². The van der Waals surface area contributed by atoms with Crippen molar-refractivity contribution < 1.29 is 21.5 Å². The van der Waals surface area contributed by atoms with Gasteiger partial charge in [0.1, 0.15) is 12.4 Å². The van der Waals surface area contributed by atoms with Gasteiger partial charge in [-0.05, 0) is 24.0 Å². The molecule has 0 aliphatic heterocycles. The predicted octanol–water partition coefficient (Wildman–Crippen LogP) is 4.32. The van der Waals surface area contributed by atoms with Crippen LogP contribution in [0.15, 0.2) is 67.3 Å². The normalized spacial score (nSPS) is 12.4. The highest BCUT2D eigenvalue weighted by atomic mass is 79.9. The summed E-state index contributed by atoms with van der Waals surface area (Å²) in [5.74, 6) is 0. The van der Waals surface area contributed by atoms with Crippen LogP contribution in [-0.4, -0.2) is 4.57 Å². The Balaban J connectivity index is 0.00000272. The number of hydrogen-bond acceptors (Lipinski definition) is 0. The van der Waals surface area contributed by atoms with E-state index in [0.29, 0.717) is 6.04 Å². The summed E-state index contributed by atoms with van der Waals surface area (Å²) in [6.45, 7) is 3.41. The van der Waals surface area contributed by atoms with Gasteiger partial charge in [0.25, 0.3) is 0 Å². The van der Waals surface area contributed by atoms with Crippen LogP contribution in [-0.2, 0) is 6.54 Å². The highest BCUT2D eigenvalue weighted by Gasteiger charge is 2.32. The number of imidazole rings is 1. The van der Waals surface area contributed by atoms with Crippen molar-refractivity contribution in [2.75, 3.05) is 0 Å². The Labute approximate surface area is 199 Å². The Hall–Kier alpha value is -1.87. The van der Waals surface area contributed by atoms with Crippen LogP contribution in [0.4, 0.5) is 0 Å². The monoisotopic (exact) mass is 480 g/mol. The molecule has 0 N–H and O–H groups in total. The predicted molar refractivity (Wildman–Crippen MR) is 126 cm³/mol. The third kappa shape index (κ3) is 5.88. The summed E-state index contributed by atoms with van der Waals surface area (Å²) in [5.41, 5.74) is 5.60. The number of benzene rings is 2. The second-order valence-electron chi connectivity index (χ2n) is 8.86. The summed E-state index contributed by atoms with van der Waals surface area (Å²) in [6, 6.07) is 18.0. The maximum atomic E-state index is 2.39. The number of fused-ring (bicyclic) bond motifs is 3. The lowest BCUT2D eigenvalue weighted by Crippen LogP contribution is -3.00. The van der Waals surface area contributed by atoms with Crippen LogP contribution in [0.5, 0.6) is 0 Å². The summed E-state index contributed by atoms with van der Waals surface area (Å²) in [4.78, 5) is 0. The van der Waals surface area contributed by atoms with Gasteiger partial charge in [-0.25, -0.2) is 9.13 Å². The van der Waals surface area contributed by atoms with Crippen LogP contribution >= 0.6 is 0 Å². The topological polar surface area (TPSA) is 8.81 Å². The molecule has 0 spiro atoms. The summed E-state index contributed by atoms with van der Waals surface area (Å²) in [5, 5.41) is 0. The highest BCUT2D eigenvalue weighted by Crippen LogP contribution is 2.44. The van der Waals surface area contributed by atoms with Gasteiger partial charge in [0.2, 0.25) is 6.33 Å². The largest absolute Gasteiger partial charge is 1.00 e. The first-order valence-electron chi connectivity index (χ1n) is 12.1. The lowest BCUT2D eigenvalue weighted by molar-refractivity contribution is -0.697. The van der Waals surface area contributed by atoms with Gasteiger partial charge >= 0.3 is 0 Å². The Morgan fingerprint density at radius 2 is 1.23 bits per heavy atom. The van der Waals surface area contributed by atoms with E-state index in [1.165, 1.54) is 86.5 Å². The van der Waals surface area contributed by atoms with E-state index in [-0.39, 0.29) is 17.0 Å². The summed E-state index contributed by atoms with van der Waals surface area (Å²) >= 11 is 0. The molecule has 0 bridgehead atoms. The quantitative estimate of drug-likeness (QED) is 0.211. The van der Waals surface area contributed by atoms with Crippen molar-refractivity contribution >= 4 is 0 Å². The second kappa shape index (κ2) is 12.2. The summed E-state index contributed by atoms with van der Waals surface area (Å²) < 4.78 is 4.76. The molecule has 2 aromatic carbocycles. The molecule has 0 saturated heterocycles. The zero-order valence-corrected chi connectivity index (χ0v) is 20.6. The highest BCUT2D eigenvalue weighted by molar-refractivity contribution is 5.78. The minimum Gasteiger partial charge on any atom is -1.00 e. The first-order valence-corrected chi connectivity index (χ1v) is 12.1. The zero-order chi connectivity index (χ0) is 20.6. The molecule has 0 radical (unpaired) electrons. The van der Waals surface area contributed by atoms with E-state index < -0.39 is 0 Å². The third-order valence-corrected chi connectivity index (χ3v) is 6.58. The number of unbranched alkanes of at least 4 members (excludes halogenated alkanes) is 9. The van der Waals surface area contributed by atoms with Gasteiger partial charge in [0.05, 0.1) is 6.54 Å². The molecule has 31 heavy (non-hydrogen) atoms. The first-order chi connectivity index (χ1) is 14.9. The van der Waals surface area contributed by atoms with Crippen molar-refractivity contribution in [1.82, 2.24) is 4.57 Å². The molecule has 0 unspecified atom stereocenters. The molecule has 166 valence electrons. The van der Waals surface area contributed by atoms with Gasteiger partial charge in [-0.2, -0.15) is 0 Å². The minimum atomic E-state index is 0. The van der Waals surface area contributed by atoms with Crippen LogP contribution in [0.3, 0.4) is 0 Å². The summed E-state index contributed by atoms with van der Waals surface area (Å²) in [6.07, 6.45) is 20.7. The van der Waals surface area contributed by atoms with Crippen molar-refractivity contribution in [1.29, 1.82) is 0 Å². The van der Waals surface area contributed by atoms with Gasteiger partial charge in [0, 0.05) is 11.1 Å². The van der Waals surface area contributed by atoms with Gasteiger partial charge in [-0.3, -0.25) is 0 Å². The van der Waals surface area contributed by atoms with Crippen LogP contribution < -0.4 is 21.5 Å². The van der Waals surface area contributed by atoms with E-state index in [1.807, 2.05) is 0 Å². The SMILES string of the molecule is CCCCCCCCCCCC[n+]1ccn(C2c3ccccc3-c3ccccc32)c1.[Br-]. The molecule has 1 aliphatic rings. The smallest absolute Gasteiger partial charge is 0.244 e. The van der Waals surface area contributed by atoms with E-state index in [1.54, 1.807) is 0 Å². The molecule has 0 fully saturated rings. The zero-order valence-electron chi connectivity index (χ0n) is 19.0. The van der Waals surface area contributed by atoms with Crippen LogP contribution in [0.1, 0.15) is 88.3 Å². The number of aryl methyl sites for hydroxylation is 1. The average molecular weight is 482 g/mol.